The lowest BCUT2D eigenvalue weighted by Crippen LogP contribution is -2.09. The smallest absolute Gasteiger partial charge is 0.222 e. The first-order valence-corrected chi connectivity index (χ1v) is 8.63. The van der Waals surface area contributed by atoms with E-state index >= 15 is 0 Å². The van der Waals surface area contributed by atoms with Crippen LogP contribution >= 0.6 is 0 Å². The van der Waals surface area contributed by atoms with E-state index in [4.69, 9.17) is 9.47 Å². The zero-order valence-electron chi connectivity index (χ0n) is 15.4. The summed E-state index contributed by atoms with van der Waals surface area (Å²) in [5.74, 6) is 2.10. The number of hydrogen-bond donors (Lipinski definition) is 1. The molecule has 0 spiro atoms. The van der Waals surface area contributed by atoms with E-state index in [1.54, 1.807) is 18.7 Å². The molecular formula is C19H20N6O2. The average molecular weight is 364 g/mol. The number of benzene rings is 2. The van der Waals surface area contributed by atoms with Gasteiger partial charge in [-0.15, -0.1) is 5.10 Å². The van der Waals surface area contributed by atoms with Crippen LogP contribution in [0, 0.1) is 6.92 Å². The molecule has 0 aliphatic carbocycles. The summed E-state index contributed by atoms with van der Waals surface area (Å²) in [6.07, 6.45) is 0.793. The molecule has 0 bridgehead atoms. The number of nitrogens with zero attached hydrogens (tertiary/aromatic N) is 5. The maximum atomic E-state index is 5.36. The number of anilines is 1. The van der Waals surface area contributed by atoms with Crippen molar-refractivity contribution in [3.63, 3.8) is 0 Å². The monoisotopic (exact) mass is 364 g/mol. The van der Waals surface area contributed by atoms with Crippen LogP contribution in [0.5, 0.6) is 11.5 Å². The van der Waals surface area contributed by atoms with E-state index in [0.29, 0.717) is 18.0 Å². The molecule has 138 valence electrons. The summed E-state index contributed by atoms with van der Waals surface area (Å²) in [6.45, 7) is 2.72. The number of fused-ring (bicyclic) bond motifs is 3. The van der Waals surface area contributed by atoms with E-state index in [-0.39, 0.29) is 0 Å². The Morgan fingerprint density at radius 2 is 1.89 bits per heavy atom. The molecule has 0 saturated heterocycles. The largest absolute Gasteiger partial charge is 0.493 e. The minimum Gasteiger partial charge on any atom is -0.493 e. The van der Waals surface area contributed by atoms with E-state index in [9.17, 15) is 0 Å². The van der Waals surface area contributed by atoms with Gasteiger partial charge in [-0.25, -0.2) is 4.98 Å². The highest BCUT2D eigenvalue weighted by Crippen LogP contribution is 2.27. The van der Waals surface area contributed by atoms with Crippen LogP contribution in [-0.2, 0) is 6.42 Å². The predicted octanol–water partition coefficient (Wildman–Crippen LogP) is 2.65. The van der Waals surface area contributed by atoms with Crippen molar-refractivity contribution in [1.82, 2.24) is 25.0 Å². The lowest BCUT2D eigenvalue weighted by atomic mass is 10.1. The van der Waals surface area contributed by atoms with E-state index in [1.807, 2.05) is 43.3 Å². The molecule has 0 radical (unpaired) electrons. The molecule has 0 amide bonds. The zero-order chi connectivity index (χ0) is 18.8. The van der Waals surface area contributed by atoms with Crippen molar-refractivity contribution in [2.24, 2.45) is 0 Å². The fraction of sp³-hybridized carbons (Fsp3) is 0.263. The van der Waals surface area contributed by atoms with E-state index in [2.05, 4.69) is 25.8 Å². The zero-order valence-corrected chi connectivity index (χ0v) is 15.4. The third-order valence-corrected chi connectivity index (χ3v) is 4.43. The van der Waals surface area contributed by atoms with Gasteiger partial charge in [-0.1, -0.05) is 12.1 Å². The van der Waals surface area contributed by atoms with Crippen LogP contribution in [0.15, 0.2) is 36.4 Å². The van der Waals surface area contributed by atoms with Gasteiger partial charge in [-0.3, -0.25) is 0 Å². The van der Waals surface area contributed by atoms with Crippen LogP contribution in [0.2, 0.25) is 0 Å². The fourth-order valence-electron chi connectivity index (χ4n) is 3.05. The normalized spacial score (nSPS) is 11.1. The second-order valence-corrected chi connectivity index (χ2v) is 6.23. The second kappa shape index (κ2) is 7.06. The number of rotatable bonds is 6. The first-order valence-electron chi connectivity index (χ1n) is 8.63. The average Bonchev–Trinajstić information content (AvgIpc) is 3.18. The molecule has 0 atom stereocenters. The molecule has 8 nitrogen and oxygen atoms in total. The summed E-state index contributed by atoms with van der Waals surface area (Å²) in [4.78, 5) is 4.69. The molecule has 4 rings (SSSR count). The minimum absolute atomic E-state index is 0.611. The predicted molar refractivity (Wildman–Crippen MR) is 103 cm³/mol. The molecule has 0 fully saturated rings. The van der Waals surface area contributed by atoms with Crippen LogP contribution < -0.4 is 14.8 Å². The fourth-order valence-corrected chi connectivity index (χ4v) is 3.05. The number of hydrogen-bond acceptors (Lipinski definition) is 7. The molecule has 0 aliphatic heterocycles. The Morgan fingerprint density at radius 1 is 1.04 bits per heavy atom. The first-order chi connectivity index (χ1) is 13.2. The highest BCUT2D eigenvalue weighted by atomic mass is 16.5. The van der Waals surface area contributed by atoms with Crippen LogP contribution in [0.25, 0.3) is 16.7 Å². The lowest BCUT2D eigenvalue weighted by molar-refractivity contribution is 0.354. The van der Waals surface area contributed by atoms with Gasteiger partial charge in [0.15, 0.2) is 17.3 Å². The second-order valence-electron chi connectivity index (χ2n) is 6.23. The molecule has 0 saturated carbocycles. The van der Waals surface area contributed by atoms with Gasteiger partial charge in [0.2, 0.25) is 5.65 Å². The molecule has 2 heterocycles. The summed E-state index contributed by atoms with van der Waals surface area (Å²) in [7, 11) is 3.26. The lowest BCUT2D eigenvalue weighted by Gasteiger charge is -2.11. The standard InChI is InChI=1S/C19H20N6O2/c1-12-4-6-14-15(10-12)25-19(22-23-24-25)18(21-14)20-9-8-13-5-7-16(26-2)17(11-13)27-3/h4-7,10-11H,8-9H2,1-3H3,(H,20,21). The Morgan fingerprint density at radius 3 is 2.70 bits per heavy atom. The number of tetrazole rings is 1. The van der Waals surface area contributed by atoms with E-state index < -0.39 is 0 Å². The minimum atomic E-state index is 0.611. The van der Waals surface area contributed by atoms with E-state index in [1.165, 1.54) is 0 Å². The third kappa shape index (κ3) is 3.21. The quantitative estimate of drug-likeness (QED) is 0.563. The van der Waals surface area contributed by atoms with Gasteiger partial charge in [0.25, 0.3) is 0 Å². The Balaban J connectivity index is 1.57. The van der Waals surface area contributed by atoms with Crippen LogP contribution in [0.4, 0.5) is 5.82 Å². The van der Waals surface area contributed by atoms with Crippen LogP contribution in [-0.4, -0.2) is 45.8 Å². The summed E-state index contributed by atoms with van der Waals surface area (Å²) in [5, 5.41) is 15.4. The molecular weight excluding hydrogens is 344 g/mol. The van der Waals surface area contributed by atoms with Crippen molar-refractivity contribution >= 4 is 22.5 Å². The third-order valence-electron chi connectivity index (χ3n) is 4.43. The van der Waals surface area contributed by atoms with Gasteiger partial charge in [0.1, 0.15) is 0 Å². The van der Waals surface area contributed by atoms with Crippen LogP contribution in [0.1, 0.15) is 11.1 Å². The van der Waals surface area contributed by atoms with Gasteiger partial charge >= 0.3 is 0 Å². The molecule has 27 heavy (non-hydrogen) atoms. The number of ether oxygens (including phenoxy) is 2. The Labute approximate surface area is 156 Å². The first kappa shape index (κ1) is 17.0. The van der Waals surface area contributed by atoms with E-state index in [0.717, 1.165) is 40.1 Å². The topological polar surface area (TPSA) is 86.5 Å². The Hall–Kier alpha value is -3.42. The number of nitrogens with one attached hydrogen (secondary N) is 1. The van der Waals surface area contributed by atoms with Gasteiger partial charge in [-0.2, -0.15) is 4.52 Å². The molecule has 0 aliphatic rings. The van der Waals surface area contributed by atoms with Crippen molar-refractivity contribution in [3.05, 3.63) is 47.5 Å². The number of aromatic nitrogens is 5. The summed E-state index contributed by atoms with van der Waals surface area (Å²) < 4.78 is 12.4. The number of aryl methyl sites for hydroxylation is 1. The molecule has 1 N–H and O–H groups in total. The Kier molecular flexibility index (Phi) is 4.45. The van der Waals surface area contributed by atoms with Crippen molar-refractivity contribution in [2.75, 3.05) is 26.1 Å². The molecule has 4 aromatic rings. The maximum Gasteiger partial charge on any atom is 0.222 e. The molecule has 8 heteroatoms. The summed E-state index contributed by atoms with van der Waals surface area (Å²) >= 11 is 0. The van der Waals surface area contributed by atoms with Crippen LogP contribution in [0.3, 0.4) is 0 Å². The highest BCUT2D eigenvalue weighted by Gasteiger charge is 2.12. The van der Waals surface area contributed by atoms with Crippen molar-refractivity contribution in [1.29, 1.82) is 0 Å². The maximum absolute atomic E-state index is 5.36. The molecule has 2 aromatic heterocycles. The molecule has 2 aromatic carbocycles. The van der Waals surface area contributed by atoms with Crippen molar-refractivity contribution < 1.29 is 9.47 Å². The SMILES string of the molecule is COc1ccc(CCNc2nc3ccc(C)cc3n3nnnc23)cc1OC. The van der Waals surface area contributed by atoms with Gasteiger partial charge in [-0.05, 0) is 59.2 Å². The summed E-state index contributed by atoms with van der Waals surface area (Å²) in [5.41, 5.74) is 4.61. The Bertz CT molecular complexity index is 1110. The van der Waals surface area contributed by atoms with Gasteiger partial charge < -0.3 is 14.8 Å². The number of methoxy groups -OCH3 is 2. The summed E-state index contributed by atoms with van der Waals surface area (Å²) in [6, 6.07) is 11.9. The van der Waals surface area contributed by atoms with Gasteiger partial charge in [0, 0.05) is 6.54 Å². The highest BCUT2D eigenvalue weighted by molar-refractivity contribution is 5.82. The van der Waals surface area contributed by atoms with Gasteiger partial charge in [0.05, 0.1) is 25.3 Å². The van der Waals surface area contributed by atoms with Crippen molar-refractivity contribution in [3.8, 4) is 11.5 Å². The molecule has 0 unspecified atom stereocenters. The van der Waals surface area contributed by atoms with Crippen molar-refractivity contribution in [2.45, 2.75) is 13.3 Å².